The highest BCUT2D eigenvalue weighted by Crippen LogP contribution is 2.24. The van der Waals surface area contributed by atoms with Gasteiger partial charge in [-0.1, -0.05) is 12.5 Å². The van der Waals surface area contributed by atoms with Crippen molar-refractivity contribution in [1.82, 2.24) is 10.6 Å². The first kappa shape index (κ1) is 42.6. The second-order valence-electron chi connectivity index (χ2n) is 12.5. The molecule has 0 spiro atoms. The number of aliphatic hydroxyl groups excluding tert-OH is 1. The number of aldehydes is 1. The minimum Gasteiger partial charge on any atom is -0.507 e. The van der Waals surface area contributed by atoms with Crippen LogP contribution in [-0.2, 0) is 21.0 Å². The van der Waals surface area contributed by atoms with Crippen LogP contribution < -0.4 is 42.8 Å². The van der Waals surface area contributed by atoms with Gasteiger partial charge in [-0.15, -0.1) is 0 Å². The molecule has 0 bridgehead atoms. The first-order valence-corrected chi connectivity index (χ1v) is 17.6. The summed E-state index contributed by atoms with van der Waals surface area (Å²) in [5.74, 6) is -3.06. The van der Waals surface area contributed by atoms with Crippen LogP contribution >= 0.6 is 0 Å². The van der Waals surface area contributed by atoms with Crippen LogP contribution in [0.4, 0.5) is 17.1 Å². The number of rotatable bonds is 21. The van der Waals surface area contributed by atoms with E-state index in [1.807, 2.05) is 0 Å². The van der Waals surface area contributed by atoms with E-state index in [0.29, 0.717) is 55.8 Å². The van der Waals surface area contributed by atoms with E-state index in [1.54, 1.807) is 6.07 Å². The maximum atomic E-state index is 13.6. The van der Waals surface area contributed by atoms with Crippen LogP contribution in [0.25, 0.3) is 0 Å². The Morgan fingerprint density at radius 2 is 1.37 bits per heavy atom. The molecule has 0 radical (unpaired) electrons. The molecule has 0 aliphatic rings. The van der Waals surface area contributed by atoms with Crippen molar-refractivity contribution >= 4 is 52.9 Å². The maximum absolute atomic E-state index is 13.6. The Kier molecular flexibility index (Phi) is 17.1. The molecule has 0 aliphatic heterocycles. The second-order valence-corrected chi connectivity index (χ2v) is 12.5. The molecule has 16 heteroatoms. The Morgan fingerprint density at radius 1 is 0.759 bits per heavy atom. The van der Waals surface area contributed by atoms with E-state index in [1.165, 1.54) is 62.6 Å². The number of hydrogen-bond donors (Lipinski definition) is 9. The lowest BCUT2D eigenvalue weighted by Crippen LogP contribution is -2.44. The molecule has 5 amide bonds. The van der Waals surface area contributed by atoms with Gasteiger partial charge in [-0.3, -0.25) is 28.8 Å². The van der Waals surface area contributed by atoms with Gasteiger partial charge in [0.1, 0.15) is 23.6 Å². The highest BCUT2D eigenvalue weighted by Gasteiger charge is 2.25. The van der Waals surface area contributed by atoms with E-state index in [4.69, 9.17) is 16.2 Å². The highest BCUT2D eigenvalue weighted by atomic mass is 16.5. The molecule has 3 aromatic carbocycles. The molecule has 0 aliphatic carbocycles. The molecular weight excluding hydrogens is 698 g/mol. The van der Waals surface area contributed by atoms with Gasteiger partial charge in [-0.2, -0.15) is 0 Å². The van der Waals surface area contributed by atoms with Gasteiger partial charge in [0.15, 0.2) is 6.29 Å². The molecular formula is C38H49N7O9. The third-order valence-electron chi connectivity index (χ3n) is 8.36. The summed E-state index contributed by atoms with van der Waals surface area (Å²) in [4.78, 5) is 76.9. The monoisotopic (exact) mass is 747 g/mol. The Morgan fingerprint density at radius 3 is 2.06 bits per heavy atom. The third kappa shape index (κ3) is 12.7. The topological polar surface area (TPSA) is 264 Å². The summed E-state index contributed by atoms with van der Waals surface area (Å²) in [6, 6.07) is 10.6. The van der Waals surface area contributed by atoms with Gasteiger partial charge in [0, 0.05) is 29.0 Å². The number of benzene rings is 3. The van der Waals surface area contributed by atoms with Gasteiger partial charge in [-0.25, -0.2) is 0 Å². The zero-order chi connectivity index (χ0) is 39.6. The fraction of sp³-hybridized carbons (Fsp3) is 0.368. The van der Waals surface area contributed by atoms with Crippen LogP contribution in [0.3, 0.4) is 0 Å². The van der Waals surface area contributed by atoms with E-state index in [2.05, 4.69) is 26.6 Å². The minimum absolute atomic E-state index is 0.0629. The number of carbonyl (C=O) groups excluding carboxylic acids is 6. The fourth-order valence-electron chi connectivity index (χ4n) is 5.35. The van der Waals surface area contributed by atoms with Crippen molar-refractivity contribution in [2.45, 2.75) is 70.6 Å². The number of aliphatic hydroxyl groups is 1. The number of unbranched alkanes of at least 4 members (excludes halogenated alkanes) is 3. The zero-order valence-corrected chi connectivity index (χ0v) is 30.4. The molecule has 0 unspecified atom stereocenters. The predicted molar refractivity (Wildman–Crippen MR) is 203 cm³/mol. The van der Waals surface area contributed by atoms with Crippen molar-refractivity contribution in [2.75, 3.05) is 36.1 Å². The van der Waals surface area contributed by atoms with Crippen LogP contribution in [-0.4, -0.2) is 78.3 Å². The molecule has 0 heterocycles. The van der Waals surface area contributed by atoms with Gasteiger partial charge < -0.3 is 53.0 Å². The molecule has 0 aromatic heterocycles. The summed E-state index contributed by atoms with van der Waals surface area (Å²) in [6.07, 6.45) is 4.38. The van der Waals surface area contributed by atoms with Crippen molar-refractivity contribution in [3.05, 3.63) is 76.9 Å². The molecule has 0 fully saturated rings. The number of aromatic hydroxyl groups is 1. The van der Waals surface area contributed by atoms with Crippen molar-refractivity contribution in [3.8, 4) is 11.5 Å². The maximum Gasteiger partial charge on any atom is 0.255 e. The number of carbonyl (C=O) groups is 6. The average Bonchev–Trinajstić information content (AvgIpc) is 3.16. The van der Waals surface area contributed by atoms with Crippen LogP contribution in [0.1, 0.15) is 88.5 Å². The number of ether oxygens (including phenoxy) is 1. The zero-order valence-electron chi connectivity index (χ0n) is 30.4. The number of amides is 5. The SMILES string of the molecule is COc1ccc(NC(=O)[C@H](C)NC(=O)c2cc(NC(=O)[C@H](CCCCN)NC(=O)c3cc(NC(=O)CCCCCN)ccc3CO)ccc2O)cc1C=O. The molecule has 16 nitrogen and oxygen atoms in total. The van der Waals surface area contributed by atoms with Gasteiger partial charge in [0.25, 0.3) is 11.8 Å². The average molecular weight is 748 g/mol. The molecule has 3 aromatic rings. The van der Waals surface area contributed by atoms with Crippen LogP contribution in [0.15, 0.2) is 54.6 Å². The summed E-state index contributed by atoms with van der Waals surface area (Å²) < 4.78 is 5.10. The van der Waals surface area contributed by atoms with Gasteiger partial charge in [0.05, 0.1) is 24.8 Å². The van der Waals surface area contributed by atoms with E-state index < -0.39 is 48.1 Å². The molecule has 2 atom stereocenters. The van der Waals surface area contributed by atoms with E-state index in [0.717, 1.165) is 12.8 Å². The number of nitrogens with one attached hydrogen (secondary N) is 5. The molecule has 54 heavy (non-hydrogen) atoms. The van der Waals surface area contributed by atoms with Crippen molar-refractivity contribution in [2.24, 2.45) is 11.5 Å². The van der Waals surface area contributed by atoms with Crippen molar-refractivity contribution < 1.29 is 43.7 Å². The number of phenols is 1. The normalized spacial score (nSPS) is 11.8. The van der Waals surface area contributed by atoms with Crippen LogP contribution in [0, 0.1) is 0 Å². The first-order valence-electron chi connectivity index (χ1n) is 17.6. The lowest BCUT2D eigenvalue weighted by molar-refractivity contribution is -0.118. The van der Waals surface area contributed by atoms with Crippen molar-refractivity contribution in [3.63, 3.8) is 0 Å². The summed E-state index contributed by atoms with van der Waals surface area (Å²) >= 11 is 0. The third-order valence-corrected chi connectivity index (χ3v) is 8.36. The van der Waals surface area contributed by atoms with Gasteiger partial charge in [-0.05, 0) is 106 Å². The van der Waals surface area contributed by atoms with E-state index >= 15 is 0 Å². The Balaban J connectivity index is 1.72. The van der Waals surface area contributed by atoms with E-state index in [-0.39, 0.29) is 46.7 Å². The lowest BCUT2D eigenvalue weighted by Gasteiger charge is -2.20. The van der Waals surface area contributed by atoms with E-state index in [9.17, 15) is 39.0 Å². The quantitative estimate of drug-likeness (QED) is 0.0435. The smallest absolute Gasteiger partial charge is 0.255 e. The Labute approximate surface area is 313 Å². The highest BCUT2D eigenvalue weighted by molar-refractivity contribution is 6.05. The molecule has 0 saturated carbocycles. The Bertz CT molecular complexity index is 1800. The summed E-state index contributed by atoms with van der Waals surface area (Å²) in [6.45, 7) is 1.85. The standard InChI is InChI=1S/C38H49N7O9/c1-23(35(50)43-26-13-15-33(54-2)25(18-26)22-47)41-37(52)30-20-28(12-14-32(30)48)44-38(53)31(8-5-7-17-40)45-36(51)29-19-27(11-10-24(29)21-46)42-34(49)9-4-3-6-16-39/h10-15,18-20,22-23,31,46,48H,3-9,16-17,21,39-40H2,1-2H3,(H,41,52)(H,42,49)(H,43,50)(H,44,53)(H,45,51)/t23-,31-/m0/s1. The van der Waals surface area contributed by atoms with Gasteiger partial charge >= 0.3 is 0 Å². The summed E-state index contributed by atoms with van der Waals surface area (Å²) in [7, 11) is 1.40. The Hall–Kier alpha value is -5.84. The second kappa shape index (κ2) is 21.6. The number of nitrogens with two attached hydrogens (primary N) is 2. The largest absolute Gasteiger partial charge is 0.507 e. The summed E-state index contributed by atoms with van der Waals surface area (Å²) in [5, 5.41) is 33.6. The number of anilines is 3. The van der Waals surface area contributed by atoms with Crippen molar-refractivity contribution in [1.29, 1.82) is 0 Å². The lowest BCUT2D eigenvalue weighted by atomic mass is 10.0. The number of methoxy groups -OCH3 is 1. The minimum atomic E-state index is -1.09. The van der Waals surface area contributed by atoms with Crippen LogP contribution in [0.2, 0.25) is 0 Å². The molecule has 11 N–H and O–H groups in total. The summed E-state index contributed by atoms with van der Waals surface area (Å²) in [5.41, 5.74) is 12.2. The van der Waals surface area contributed by atoms with Gasteiger partial charge in [0.2, 0.25) is 17.7 Å². The fourth-order valence-corrected chi connectivity index (χ4v) is 5.35. The molecule has 290 valence electrons. The molecule has 0 saturated heterocycles. The molecule has 3 rings (SSSR count). The number of hydrogen-bond acceptors (Lipinski definition) is 11. The van der Waals surface area contributed by atoms with Crippen LogP contribution in [0.5, 0.6) is 11.5 Å². The number of phenolic OH excluding ortho intramolecular Hbond substituents is 1. The first-order chi connectivity index (χ1) is 25.9. The predicted octanol–water partition coefficient (Wildman–Crippen LogP) is 2.79.